The maximum absolute atomic E-state index is 12.7. The maximum Gasteiger partial charge on any atom is 0.291 e. The molecule has 1 aromatic heterocycles. The number of anilines is 2. The van der Waals surface area contributed by atoms with Crippen molar-refractivity contribution in [3.63, 3.8) is 0 Å². The lowest BCUT2D eigenvalue weighted by Crippen LogP contribution is -2.15. The number of carbonyl (C=O) groups excluding carboxylic acids is 2. The van der Waals surface area contributed by atoms with Crippen molar-refractivity contribution in [2.75, 3.05) is 16.4 Å². The van der Waals surface area contributed by atoms with Gasteiger partial charge in [0.2, 0.25) is 0 Å². The Hall–Kier alpha value is -3.59. The van der Waals surface area contributed by atoms with Crippen LogP contribution in [-0.4, -0.2) is 31.1 Å². The maximum atomic E-state index is 12.7. The van der Waals surface area contributed by atoms with Crippen LogP contribution in [0.5, 0.6) is 5.75 Å². The highest BCUT2D eigenvalue weighted by Gasteiger charge is 2.17. The van der Waals surface area contributed by atoms with Crippen molar-refractivity contribution >= 4 is 33.0 Å². The van der Waals surface area contributed by atoms with Gasteiger partial charge in [-0.3, -0.25) is 9.59 Å². The smallest absolute Gasteiger partial charge is 0.291 e. The Labute approximate surface area is 173 Å². The van der Waals surface area contributed by atoms with E-state index in [1.807, 2.05) is 0 Å². The molecular weight excluding hydrogens is 408 g/mol. The zero-order valence-electron chi connectivity index (χ0n) is 16.3. The monoisotopic (exact) mass is 428 g/mol. The third kappa shape index (κ3) is 4.52. The van der Waals surface area contributed by atoms with Crippen molar-refractivity contribution in [3.8, 4) is 5.75 Å². The van der Waals surface area contributed by atoms with Gasteiger partial charge in [-0.1, -0.05) is 13.0 Å². The largest absolute Gasteiger partial charge is 0.506 e. The van der Waals surface area contributed by atoms with Crippen LogP contribution < -0.4 is 10.6 Å². The fourth-order valence-corrected chi connectivity index (χ4v) is 3.57. The Morgan fingerprint density at radius 1 is 1.00 bits per heavy atom. The van der Waals surface area contributed by atoms with E-state index in [1.165, 1.54) is 43.5 Å². The summed E-state index contributed by atoms with van der Waals surface area (Å²) in [4.78, 5) is 24.9. The topological polar surface area (TPSA) is 126 Å². The fourth-order valence-electron chi connectivity index (χ4n) is 2.66. The number of furan rings is 1. The number of benzene rings is 2. The van der Waals surface area contributed by atoms with E-state index < -0.39 is 21.7 Å². The zero-order chi connectivity index (χ0) is 21.9. The van der Waals surface area contributed by atoms with E-state index in [0.29, 0.717) is 5.69 Å². The van der Waals surface area contributed by atoms with Gasteiger partial charge in [0, 0.05) is 11.3 Å². The number of nitrogens with one attached hydrogen (secondary N) is 2. The molecule has 3 N–H and O–H groups in total. The lowest BCUT2D eigenvalue weighted by atomic mass is 10.1. The minimum Gasteiger partial charge on any atom is -0.506 e. The molecule has 2 amide bonds. The highest BCUT2D eigenvalue weighted by atomic mass is 32.2. The molecule has 0 aliphatic rings. The van der Waals surface area contributed by atoms with Crippen LogP contribution in [0.15, 0.2) is 64.1 Å². The van der Waals surface area contributed by atoms with E-state index in [1.54, 1.807) is 25.1 Å². The summed E-state index contributed by atoms with van der Waals surface area (Å²) in [5, 5.41) is 15.2. The molecular formula is C21H20N2O6S. The molecule has 0 aliphatic carbocycles. The first-order valence-corrected chi connectivity index (χ1v) is 10.7. The van der Waals surface area contributed by atoms with E-state index in [2.05, 4.69) is 10.6 Å². The number of phenols is 1. The van der Waals surface area contributed by atoms with Crippen LogP contribution >= 0.6 is 0 Å². The minimum atomic E-state index is -3.50. The molecule has 3 aromatic rings. The Morgan fingerprint density at radius 2 is 1.73 bits per heavy atom. The molecule has 0 saturated carbocycles. The molecule has 0 saturated heterocycles. The fraction of sp³-hybridized carbons (Fsp3) is 0.143. The van der Waals surface area contributed by atoms with Crippen molar-refractivity contribution < 1.29 is 27.5 Å². The molecule has 30 heavy (non-hydrogen) atoms. The van der Waals surface area contributed by atoms with Gasteiger partial charge in [0.1, 0.15) is 5.75 Å². The predicted octanol–water partition coefficient (Wildman–Crippen LogP) is 3.59. The van der Waals surface area contributed by atoms with Gasteiger partial charge >= 0.3 is 0 Å². The summed E-state index contributed by atoms with van der Waals surface area (Å²) >= 11 is 0. The van der Waals surface area contributed by atoms with Gasteiger partial charge in [0.25, 0.3) is 11.8 Å². The van der Waals surface area contributed by atoms with Crippen molar-refractivity contribution in [3.05, 3.63) is 71.7 Å². The molecule has 0 spiro atoms. The van der Waals surface area contributed by atoms with Crippen molar-refractivity contribution in [1.82, 2.24) is 0 Å². The quantitative estimate of drug-likeness (QED) is 0.515. The number of rotatable bonds is 6. The zero-order valence-corrected chi connectivity index (χ0v) is 17.1. The molecule has 0 radical (unpaired) electrons. The first-order chi connectivity index (χ1) is 14.2. The van der Waals surface area contributed by atoms with Crippen molar-refractivity contribution in [1.29, 1.82) is 0 Å². The number of phenolic OH excluding ortho intramolecular Hbond substituents is 1. The SMILES string of the molecule is CCS(=O)(=O)c1ccc(O)c(NC(=O)c2ccc(C)c(NC(=O)c3ccco3)c2)c1. The van der Waals surface area contributed by atoms with Gasteiger partial charge in [-0.05, 0) is 55.0 Å². The summed E-state index contributed by atoms with van der Waals surface area (Å²) in [6.45, 7) is 3.27. The van der Waals surface area contributed by atoms with Gasteiger partial charge in [-0.25, -0.2) is 8.42 Å². The third-order valence-corrected chi connectivity index (χ3v) is 6.18. The van der Waals surface area contributed by atoms with Gasteiger partial charge < -0.3 is 20.2 Å². The molecule has 0 fully saturated rings. The second kappa shape index (κ2) is 8.42. The molecule has 0 unspecified atom stereocenters. The van der Waals surface area contributed by atoms with Gasteiger partial charge in [0.15, 0.2) is 15.6 Å². The van der Waals surface area contributed by atoms with Crippen LogP contribution in [0.25, 0.3) is 0 Å². The Bertz CT molecular complexity index is 1200. The highest BCUT2D eigenvalue weighted by molar-refractivity contribution is 7.91. The van der Waals surface area contributed by atoms with Gasteiger partial charge in [-0.15, -0.1) is 0 Å². The predicted molar refractivity (Wildman–Crippen MR) is 112 cm³/mol. The average Bonchev–Trinajstić information content (AvgIpc) is 3.26. The van der Waals surface area contributed by atoms with E-state index in [9.17, 15) is 23.1 Å². The van der Waals surface area contributed by atoms with E-state index in [0.717, 1.165) is 5.56 Å². The molecule has 156 valence electrons. The Kier molecular flexibility index (Phi) is 5.93. The lowest BCUT2D eigenvalue weighted by molar-refractivity contribution is 0.0993. The number of aromatic hydroxyl groups is 1. The lowest BCUT2D eigenvalue weighted by Gasteiger charge is -2.12. The third-order valence-electron chi connectivity index (χ3n) is 4.45. The van der Waals surface area contributed by atoms with Gasteiger partial charge in [-0.2, -0.15) is 0 Å². The summed E-state index contributed by atoms with van der Waals surface area (Å²) in [6, 6.07) is 11.5. The van der Waals surface area contributed by atoms with Crippen molar-refractivity contribution in [2.45, 2.75) is 18.7 Å². The minimum absolute atomic E-state index is 0.00611. The number of amides is 2. The molecule has 9 heteroatoms. The Morgan fingerprint density at radius 3 is 2.40 bits per heavy atom. The first kappa shape index (κ1) is 21.1. The Balaban J connectivity index is 1.84. The van der Waals surface area contributed by atoms with Crippen LogP contribution in [0.2, 0.25) is 0 Å². The van der Waals surface area contributed by atoms with E-state index in [-0.39, 0.29) is 33.4 Å². The second-order valence-electron chi connectivity index (χ2n) is 6.50. The molecule has 0 bridgehead atoms. The summed E-state index contributed by atoms with van der Waals surface area (Å²) in [6.07, 6.45) is 1.38. The summed E-state index contributed by atoms with van der Waals surface area (Å²) in [7, 11) is -3.50. The number of hydrogen-bond donors (Lipinski definition) is 3. The van der Waals surface area contributed by atoms with Gasteiger partial charge in [0.05, 0.1) is 22.6 Å². The molecule has 1 heterocycles. The standard InChI is InChI=1S/C21H20N2O6S/c1-3-30(27,28)15-8-9-18(24)17(12-15)23-20(25)14-7-6-13(2)16(11-14)22-21(26)19-5-4-10-29-19/h4-12,24H,3H2,1-2H3,(H,22,26)(H,23,25). The van der Waals surface area contributed by atoms with E-state index >= 15 is 0 Å². The van der Waals surface area contributed by atoms with E-state index in [4.69, 9.17) is 4.42 Å². The average molecular weight is 428 g/mol. The molecule has 2 aromatic carbocycles. The molecule has 0 atom stereocenters. The summed E-state index contributed by atoms with van der Waals surface area (Å²) < 4.78 is 29.2. The summed E-state index contributed by atoms with van der Waals surface area (Å²) in [5.41, 5.74) is 1.32. The van der Waals surface area contributed by atoms with Crippen LogP contribution in [0.4, 0.5) is 11.4 Å². The number of sulfone groups is 1. The van der Waals surface area contributed by atoms with Crippen LogP contribution in [-0.2, 0) is 9.84 Å². The highest BCUT2D eigenvalue weighted by Crippen LogP contribution is 2.28. The van der Waals surface area contributed by atoms with Crippen LogP contribution in [0, 0.1) is 6.92 Å². The number of hydrogen-bond acceptors (Lipinski definition) is 6. The molecule has 8 nitrogen and oxygen atoms in total. The number of carbonyl (C=O) groups is 2. The number of aryl methyl sites for hydroxylation is 1. The molecule has 3 rings (SSSR count). The van der Waals surface area contributed by atoms with Crippen LogP contribution in [0.3, 0.4) is 0 Å². The second-order valence-corrected chi connectivity index (χ2v) is 8.78. The van der Waals surface area contributed by atoms with Crippen molar-refractivity contribution in [2.24, 2.45) is 0 Å². The molecule has 0 aliphatic heterocycles. The summed E-state index contributed by atoms with van der Waals surface area (Å²) in [5.74, 6) is -1.29. The first-order valence-electron chi connectivity index (χ1n) is 9.04. The normalized spacial score (nSPS) is 11.1. The van der Waals surface area contributed by atoms with Crippen LogP contribution in [0.1, 0.15) is 33.4 Å².